The normalized spacial score (nSPS) is 12.8. The van der Waals surface area contributed by atoms with Crippen LogP contribution in [0.5, 0.6) is 0 Å². The zero-order valence-corrected chi connectivity index (χ0v) is 50.3. The maximum atomic E-state index is 2.51. The molecule has 0 aliphatic carbocycles. The molecule has 2 aromatic heterocycles. The van der Waals surface area contributed by atoms with E-state index in [0.29, 0.717) is 0 Å². The van der Waals surface area contributed by atoms with Crippen molar-refractivity contribution in [2.24, 2.45) is 0 Å². The van der Waals surface area contributed by atoms with Crippen molar-refractivity contribution in [1.82, 2.24) is 9.13 Å². The van der Waals surface area contributed by atoms with Gasteiger partial charge in [-0.2, -0.15) is 0 Å². The molecular formula is C80H64B4N2. The van der Waals surface area contributed by atoms with Gasteiger partial charge in [-0.25, -0.2) is 0 Å². The minimum atomic E-state index is 0.0892. The molecule has 0 atom stereocenters. The van der Waals surface area contributed by atoms with Crippen LogP contribution in [0.15, 0.2) is 243 Å². The number of fused-ring (bicyclic) bond motifs is 10. The summed E-state index contributed by atoms with van der Waals surface area (Å²) in [5.41, 5.74) is 37.2. The molecule has 4 heterocycles. The molecule has 6 heteroatoms. The highest BCUT2D eigenvalue weighted by Gasteiger charge is 2.42. The van der Waals surface area contributed by atoms with Gasteiger partial charge in [0.15, 0.2) is 0 Å². The van der Waals surface area contributed by atoms with Crippen molar-refractivity contribution in [3.63, 3.8) is 0 Å². The molecule has 0 spiro atoms. The fraction of sp³-hybridized carbons (Fsp3) is 0.100. The minimum Gasteiger partial charge on any atom is -0.309 e. The molecule has 86 heavy (non-hydrogen) atoms. The summed E-state index contributed by atoms with van der Waals surface area (Å²) in [5, 5.41) is 5.09. The van der Waals surface area contributed by atoms with Crippen molar-refractivity contribution in [1.29, 1.82) is 0 Å². The van der Waals surface area contributed by atoms with E-state index in [1.807, 2.05) is 0 Å². The lowest BCUT2D eigenvalue weighted by Crippen LogP contribution is -2.75. The first-order chi connectivity index (χ1) is 42.0. The smallest absolute Gasteiger partial charge is 0.240 e. The summed E-state index contributed by atoms with van der Waals surface area (Å²) in [7, 11) is 0. The van der Waals surface area contributed by atoms with Crippen LogP contribution in [0.3, 0.4) is 0 Å². The van der Waals surface area contributed by atoms with Gasteiger partial charge in [-0.05, 0) is 121 Å². The second-order valence-electron chi connectivity index (χ2n) is 25.0. The largest absolute Gasteiger partial charge is 0.309 e. The Balaban J connectivity index is 0.765. The number of hydrogen-bond donors (Lipinski definition) is 0. The van der Waals surface area contributed by atoms with Crippen molar-refractivity contribution >= 4 is 136 Å². The number of aromatic nitrogens is 2. The Morgan fingerprint density at radius 1 is 0.209 bits per heavy atom. The average molecular weight is 1100 g/mol. The molecule has 0 bridgehead atoms. The van der Waals surface area contributed by atoms with Gasteiger partial charge >= 0.3 is 0 Å². The molecule has 0 fully saturated rings. The summed E-state index contributed by atoms with van der Waals surface area (Å²) in [5.74, 6) is 0. The summed E-state index contributed by atoms with van der Waals surface area (Å²) >= 11 is 0. The van der Waals surface area contributed by atoms with Gasteiger partial charge in [0.25, 0.3) is 0 Å². The molecule has 406 valence electrons. The molecule has 14 aromatic rings. The molecule has 2 aliphatic heterocycles. The van der Waals surface area contributed by atoms with Gasteiger partial charge in [0.2, 0.25) is 26.9 Å². The SMILES string of the molecule is Cc1cccc(C)c1B1c2ccccc2B(c2c(C)cc(-n3c4ccccc4c4cc(-c5cc(C)c(B6c7ccccc7B(c7c(C)cc(-n8c9ccccc9c9ccccc98)cc7C)c7ccccc76)c(C)c5)ccc43)cc2C)c2ccccc21. The Hall–Kier alpha value is -9.50. The first-order valence-corrected chi connectivity index (χ1v) is 30.8. The van der Waals surface area contributed by atoms with Crippen molar-refractivity contribution in [3.8, 4) is 22.5 Å². The monoisotopic (exact) mass is 1100 g/mol. The van der Waals surface area contributed by atoms with E-state index in [4.69, 9.17) is 0 Å². The van der Waals surface area contributed by atoms with Crippen LogP contribution in [0.25, 0.3) is 66.1 Å². The minimum absolute atomic E-state index is 0.0892. The molecule has 0 N–H and O–H groups in total. The van der Waals surface area contributed by atoms with Gasteiger partial charge < -0.3 is 9.13 Å². The highest BCUT2D eigenvalue weighted by Crippen LogP contribution is 2.37. The Morgan fingerprint density at radius 2 is 0.477 bits per heavy atom. The van der Waals surface area contributed by atoms with Crippen LogP contribution >= 0.6 is 0 Å². The summed E-state index contributed by atoms with van der Waals surface area (Å²) < 4.78 is 4.96. The van der Waals surface area contributed by atoms with E-state index in [1.165, 1.54) is 176 Å². The van der Waals surface area contributed by atoms with Crippen molar-refractivity contribution in [2.45, 2.75) is 55.4 Å². The maximum absolute atomic E-state index is 2.51. The molecule has 2 nitrogen and oxygen atoms in total. The second kappa shape index (κ2) is 20.1. The zero-order chi connectivity index (χ0) is 58.2. The van der Waals surface area contributed by atoms with E-state index in [0.717, 1.165) is 0 Å². The highest BCUT2D eigenvalue weighted by molar-refractivity contribution is 7.12. The van der Waals surface area contributed by atoms with E-state index >= 15 is 0 Å². The van der Waals surface area contributed by atoms with E-state index in [9.17, 15) is 0 Å². The van der Waals surface area contributed by atoms with E-state index in [2.05, 4.69) is 307 Å². The molecule has 0 amide bonds. The molecule has 0 unspecified atom stereocenters. The predicted octanol–water partition coefficient (Wildman–Crippen LogP) is 10.7. The fourth-order valence-electron chi connectivity index (χ4n) is 16.6. The highest BCUT2D eigenvalue weighted by atomic mass is 15.0. The standard InChI is InChI=1S/C80H64B4N2/c1-49-24-23-25-50(2)77(49)81-65-29-12-14-31-67(65)83(68-32-15-13-30-66(68)81)80-55(7)46-60(47-56(80)8)86-75-39-22-11-28-63(75)64-48-57(40-41-76(64)86)58-42-51(3)78(52(4)43-58)82-69-33-16-18-35-71(69)84(72-36-19-17-34-70(72)82)79-53(5)44-59(45-54(79)6)85-73-37-20-9-26-61(73)62-27-10-21-38-74(62)85/h9-48H,1-8H3. The number of benzene rings is 12. The summed E-state index contributed by atoms with van der Waals surface area (Å²) in [6.07, 6.45) is 0. The van der Waals surface area contributed by atoms with Gasteiger partial charge in [-0.3, -0.25) is 0 Å². The van der Waals surface area contributed by atoms with E-state index in [1.54, 1.807) is 0 Å². The van der Waals surface area contributed by atoms with Crippen molar-refractivity contribution < 1.29 is 0 Å². The van der Waals surface area contributed by atoms with Crippen molar-refractivity contribution in [2.75, 3.05) is 0 Å². The zero-order valence-electron chi connectivity index (χ0n) is 50.3. The van der Waals surface area contributed by atoms with E-state index < -0.39 is 0 Å². The number of para-hydroxylation sites is 3. The maximum Gasteiger partial charge on any atom is 0.240 e. The lowest BCUT2D eigenvalue weighted by Gasteiger charge is -2.34. The quantitative estimate of drug-likeness (QED) is 0.141. The van der Waals surface area contributed by atoms with Gasteiger partial charge in [0, 0.05) is 32.9 Å². The van der Waals surface area contributed by atoms with Crippen LogP contribution in [0.1, 0.15) is 44.5 Å². The fourth-order valence-corrected chi connectivity index (χ4v) is 16.6. The van der Waals surface area contributed by atoms with Crippen LogP contribution in [0.2, 0.25) is 0 Å². The second-order valence-corrected chi connectivity index (χ2v) is 25.0. The topological polar surface area (TPSA) is 9.86 Å². The number of aryl methyl sites for hydroxylation is 8. The van der Waals surface area contributed by atoms with Gasteiger partial charge in [-0.15, -0.1) is 0 Å². The summed E-state index contributed by atoms with van der Waals surface area (Å²) in [6.45, 7) is 19.1. The third-order valence-electron chi connectivity index (χ3n) is 20.0. The summed E-state index contributed by atoms with van der Waals surface area (Å²) in [6, 6.07) is 92.4. The van der Waals surface area contributed by atoms with Gasteiger partial charge in [-0.1, -0.05) is 298 Å². The lowest BCUT2D eigenvalue weighted by atomic mass is 9.20. The first kappa shape index (κ1) is 52.1. The number of nitrogens with zero attached hydrogens (tertiary/aromatic N) is 2. The van der Waals surface area contributed by atoms with Crippen LogP contribution in [-0.4, -0.2) is 36.0 Å². The third kappa shape index (κ3) is 7.84. The third-order valence-corrected chi connectivity index (χ3v) is 20.0. The number of rotatable bonds is 7. The van der Waals surface area contributed by atoms with Crippen LogP contribution in [-0.2, 0) is 0 Å². The first-order valence-electron chi connectivity index (χ1n) is 30.8. The van der Waals surface area contributed by atoms with Gasteiger partial charge in [0.05, 0.1) is 22.1 Å². The average Bonchev–Trinajstić information content (AvgIpc) is 0.884. The van der Waals surface area contributed by atoms with Gasteiger partial charge in [0.1, 0.15) is 0 Å². The molecule has 0 saturated heterocycles. The number of hydrogen-bond acceptors (Lipinski definition) is 0. The Bertz CT molecular complexity index is 4920. The predicted molar refractivity (Wildman–Crippen MR) is 376 cm³/mol. The van der Waals surface area contributed by atoms with E-state index in [-0.39, 0.29) is 26.9 Å². The Labute approximate surface area is 507 Å². The molecule has 16 rings (SSSR count). The summed E-state index contributed by atoms with van der Waals surface area (Å²) in [4.78, 5) is 0. The molecular weight excluding hydrogens is 1030 g/mol. The van der Waals surface area contributed by atoms with Crippen LogP contribution in [0.4, 0.5) is 0 Å². The van der Waals surface area contributed by atoms with Crippen LogP contribution in [0, 0.1) is 55.4 Å². The molecule has 12 aromatic carbocycles. The molecule has 0 saturated carbocycles. The lowest BCUT2D eigenvalue weighted by molar-refractivity contribution is 1.16. The Morgan fingerprint density at radius 3 is 0.814 bits per heavy atom. The van der Waals surface area contributed by atoms with Crippen molar-refractivity contribution in [3.05, 3.63) is 287 Å². The van der Waals surface area contributed by atoms with Crippen LogP contribution < -0.4 is 65.6 Å². The molecule has 2 aliphatic rings. The molecule has 0 radical (unpaired) electrons. The Kier molecular flexibility index (Phi) is 12.2.